The molecular formula is C20H25Cl2N3O2. The number of anilines is 1. The maximum absolute atomic E-state index is 12.8. The molecule has 0 atom stereocenters. The quantitative estimate of drug-likeness (QED) is 0.845. The van der Waals surface area contributed by atoms with E-state index in [1.54, 1.807) is 7.11 Å². The van der Waals surface area contributed by atoms with Crippen molar-refractivity contribution in [1.29, 1.82) is 0 Å². The van der Waals surface area contributed by atoms with Crippen LogP contribution in [0.2, 0.25) is 0 Å². The number of nitrogens with one attached hydrogen (secondary N) is 1. The fourth-order valence-electron chi connectivity index (χ4n) is 3.59. The number of amides is 1. The van der Waals surface area contributed by atoms with Gasteiger partial charge in [0.25, 0.3) is 5.91 Å². The van der Waals surface area contributed by atoms with Crippen LogP contribution in [-0.2, 0) is 13.1 Å². The van der Waals surface area contributed by atoms with E-state index in [9.17, 15) is 4.79 Å². The van der Waals surface area contributed by atoms with E-state index in [4.69, 9.17) is 4.74 Å². The van der Waals surface area contributed by atoms with Crippen LogP contribution < -0.4 is 15.0 Å². The van der Waals surface area contributed by atoms with Crippen molar-refractivity contribution in [2.45, 2.75) is 13.1 Å². The average Bonchev–Trinajstić information content (AvgIpc) is 3.15. The molecule has 0 bridgehead atoms. The topological polar surface area (TPSA) is 44.8 Å². The molecule has 0 unspecified atom stereocenters. The van der Waals surface area contributed by atoms with E-state index < -0.39 is 0 Å². The highest BCUT2D eigenvalue weighted by molar-refractivity contribution is 5.94. The molecule has 0 saturated carbocycles. The molecule has 1 N–H and O–H groups in total. The van der Waals surface area contributed by atoms with Crippen molar-refractivity contribution in [1.82, 2.24) is 10.2 Å². The van der Waals surface area contributed by atoms with E-state index in [-0.39, 0.29) is 30.7 Å². The smallest absolute Gasteiger partial charge is 0.253 e. The molecule has 2 aliphatic rings. The van der Waals surface area contributed by atoms with E-state index in [0.717, 1.165) is 56.3 Å². The summed E-state index contributed by atoms with van der Waals surface area (Å²) in [5.74, 6) is 1.00. The second-order valence-electron chi connectivity index (χ2n) is 6.57. The van der Waals surface area contributed by atoms with Gasteiger partial charge < -0.3 is 19.9 Å². The van der Waals surface area contributed by atoms with Gasteiger partial charge in [0.1, 0.15) is 5.75 Å². The molecule has 0 spiro atoms. The predicted octanol–water partition coefficient (Wildman–Crippen LogP) is 3.10. The molecule has 2 aliphatic heterocycles. The van der Waals surface area contributed by atoms with Gasteiger partial charge in [-0.1, -0.05) is 12.1 Å². The molecule has 2 heterocycles. The first-order valence-electron chi connectivity index (χ1n) is 8.75. The Morgan fingerprint density at radius 3 is 2.44 bits per heavy atom. The molecule has 5 nitrogen and oxygen atoms in total. The number of rotatable bonds is 3. The molecule has 2 aromatic rings. The van der Waals surface area contributed by atoms with Gasteiger partial charge in [0.05, 0.1) is 7.11 Å². The van der Waals surface area contributed by atoms with Gasteiger partial charge in [-0.05, 0) is 35.4 Å². The van der Waals surface area contributed by atoms with Crippen molar-refractivity contribution in [3.8, 4) is 5.75 Å². The Balaban J connectivity index is 0.00000131. The number of hydrogen-bond donors (Lipinski definition) is 1. The normalized spacial score (nSPS) is 15.4. The summed E-state index contributed by atoms with van der Waals surface area (Å²) in [6.07, 6.45) is 0. The van der Waals surface area contributed by atoms with Crippen LogP contribution in [0.5, 0.6) is 5.75 Å². The average molecular weight is 410 g/mol. The van der Waals surface area contributed by atoms with Crippen LogP contribution in [0.1, 0.15) is 21.5 Å². The molecule has 0 radical (unpaired) electrons. The van der Waals surface area contributed by atoms with Gasteiger partial charge in [-0.2, -0.15) is 0 Å². The highest BCUT2D eigenvalue weighted by Crippen LogP contribution is 2.23. The second-order valence-corrected chi connectivity index (χ2v) is 6.57. The first kappa shape index (κ1) is 21.4. The van der Waals surface area contributed by atoms with Crippen LogP contribution in [0.3, 0.4) is 0 Å². The van der Waals surface area contributed by atoms with Crippen molar-refractivity contribution < 1.29 is 9.53 Å². The summed E-state index contributed by atoms with van der Waals surface area (Å²) in [5.41, 5.74) is 4.51. The largest absolute Gasteiger partial charge is 0.497 e. The molecule has 7 heteroatoms. The standard InChI is InChI=1S/C20H23N3O2.2ClH/c1-25-19-4-2-3-18(12-19)22-7-9-23(10-8-22)20(24)15-5-6-16-13-21-14-17(16)11-15;;/h2-6,11-12,21H,7-10,13-14H2,1H3;2*1H. The summed E-state index contributed by atoms with van der Waals surface area (Å²) in [6, 6.07) is 14.2. The van der Waals surface area contributed by atoms with E-state index in [2.05, 4.69) is 22.3 Å². The number of nitrogens with zero attached hydrogens (tertiary/aromatic N) is 2. The van der Waals surface area contributed by atoms with Crippen LogP contribution in [0, 0.1) is 0 Å². The molecule has 1 saturated heterocycles. The summed E-state index contributed by atoms with van der Waals surface area (Å²) < 4.78 is 5.30. The van der Waals surface area contributed by atoms with E-state index in [0.29, 0.717) is 0 Å². The number of carbonyl (C=O) groups excluding carboxylic acids is 1. The summed E-state index contributed by atoms with van der Waals surface area (Å²) in [6.45, 7) is 4.93. The highest BCUT2D eigenvalue weighted by atomic mass is 35.5. The van der Waals surface area contributed by atoms with Crippen LogP contribution in [0.4, 0.5) is 5.69 Å². The van der Waals surface area contributed by atoms with Crippen molar-refractivity contribution in [3.05, 3.63) is 59.2 Å². The van der Waals surface area contributed by atoms with Crippen LogP contribution >= 0.6 is 24.8 Å². The summed E-state index contributed by atoms with van der Waals surface area (Å²) in [7, 11) is 1.68. The number of piperazine rings is 1. The molecule has 0 aliphatic carbocycles. The number of fused-ring (bicyclic) bond motifs is 1. The zero-order valence-corrected chi connectivity index (χ0v) is 16.9. The van der Waals surface area contributed by atoms with Gasteiger partial charge in [0.2, 0.25) is 0 Å². The zero-order chi connectivity index (χ0) is 17.2. The van der Waals surface area contributed by atoms with E-state index in [1.807, 2.05) is 35.2 Å². The molecule has 1 fully saturated rings. The maximum atomic E-state index is 12.8. The SMILES string of the molecule is COc1cccc(N2CCN(C(=O)c3ccc4c(c3)CNC4)CC2)c1.Cl.Cl. The molecule has 146 valence electrons. The van der Waals surface area contributed by atoms with Crippen molar-refractivity contribution in [2.75, 3.05) is 38.2 Å². The van der Waals surface area contributed by atoms with Crippen molar-refractivity contribution >= 4 is 36.4 Å². The molecule has 1 amide bonds. The molecular weight excluding hydrogens is 385 g/mol. The third kappa shape index (κ3) is 4.49. The lowest BCUT2D eigenvalue weighted by molar-refractivity contribution is 0.0746. The molecule has 27 heavy (non-hydrogen) atoms. The van der Waals surface area contributed by atoms with E-state index >= 15 is 0 Å². The van der Waals surface area contributed by atoms with Crippen molar-refractivity contribution in [3.63, 3.8) is 0 Å². The monoisotopic (exact) mass is 409 g/mol. The number of halogens is 2. The number of carbonyl (C=O) groups is 1. The molecule has 4 rings (SSSR count). The van der Waals surface area contributed by atoms with Gasteiger partial charge in [-0.15, -0.1) is 24.8 Å². The zero-order valence-electron chi connectivity index (χ0n) is 15.3. The predicted molar refractivity (Wildman–Crippen MR) is 113 cm³/mol. The first-order valence-corrected chi connectivity index (χ1v) is 8.75. The minimum atomic E-state index is 0. The van der Waals surface area contributed by atoms with Gasteiger partial charge >= 0.3 is 0 Å². The van der Waals surface area contributed by atoms with Gasteiger partial charge in [-0.25, -0.2) is 0 Å². The molecule has 2 aromatic carbocycles. The lowest BCUT2D eigenvalue weighted by Crippen LogP contribution is -2.48. The molecule has 0 aromatic heterocycles. The Hall–Kier alpha value is -1.95. The fraction of sp³-hybridized carbons (Fsp3) is 0.350. The van der Waals surface area contributed by atoms with Gasteiger partial charge in [-0.3, -0.25) is 4.79 Å². The Labute approximate surface area is 172 Å². The third-order valence-corrected chi connectivity index (χ3v) is 5.07. The van der Waals surface area contributed by atoms with Gasteiger partial charge in [0, 0.05) is 56.6 Å². The minimum absolute atomic E-state index is 0. The summed E-state index contributed by atoms with van der Waals surface area (Å²) >= 11 is 0. The van der Waals surface area contributed by atoms with Crippen LogP contribution in [0.15, 0.2) is 42.5 Å². The summed E-state index contributed by atoms with van der Waals surface area (Å²) in [4.78, 5) is 17.1. The minimum Gasteiger partial charge on any atom is -0.497 e. The Bertz CT molecular complexity index is 793. The number of hydrogen-bond acceptors (Lipinski definition) is 4. The van der Waals surface area contributed by atoms with Crippen molar-refractivity contribution in [2.24, 2.45) is 0 Å². The Morgan fingerprint density at radius 2 is 1.70 bits per heavy atom. The Morgan fingerprint density at radius 1 is 0.963 bits per heavy atom. The fourth-order valence-corrected chi connectivity index (χ4v) is 3.59. The maximum Gasteiger partial charge on any atom is 0.253 e. The van der Waals surface area contributed by atoms with Crippen LogP contribution in [0.25, 0.3) is 0 Å². The highest BCUT2D eigenvalue weighted by Gasteiger charge is 2.23. The lowest BCUT2D eigenvalue weighted by atomic mass is 10.1. The first-order chi connectivity index (χ1) is 12.2. The summed E-state index contributed by atoms with van der Waals surface area (Å²) in [5, 5.41) is 3.32. The third-order valence-electron chi connectivity index (χ3n) is 5.07. The number of ether oxygens (including phenoxy) is 1. The Kier molecular flexibility index (Phi) is 7.36. The van der Waals surface area contributed by atoms with Crippen LogP contribution in [-0.4, -0.2) is 44.1 Å². The lowest BCUT2D eigenvalue weighted by Gasteiger charge is -2.36. The number of benzene rings is 2. The second kappa shape index (κ2) is 9.31. The number of methoxy groups -OCH3 is 1. The van der Waals surface area contributed by atoms with Gasteiger partial charge in [0.15, 0.2) is 0 Å². The van der Waals surface area contributed by atoms with E-state index in [1.165, 1.54) is 11.1 Å².